The van der Waals surface area contributed by atoms with E-state index in [-0.39, 0.29) is 5.91 Å². The summed E-state index contributed by atoms with van der Waals surface area (Å²) in [6, 6.07) is 0. The number of primary amides is 1. The van der Waals surface area contributed by atoms with Gasteiger partial charge in [-0.1, -0.05) is 6.92 Å². The quantitative estimate of drug-likeness (QED) is 0.603. The van der Waals surface area contributed by atoms with Gasteiger partial charge in [-0.25, -0.2) is 0 Å². The molecule has 0 radical (unpaired) electrons. The van der Waals surface area contributed by atoms with Crippen LogP contribution in [0.1, 0.15) is 46.0 Å². The Morgan fingerprint density at radius 2 is 2.37 bits per heavy atom. The Morgan fingerprint density at radius 1 is 1.58 bits per heavy atom. The number of rotatable bonds is 10. The summed E-state index contributed by atoms with van der Waals surface area (Å²) < 4.78 is 5.58. The summed E-state index contributed by atoms with van der Waals surface area (Å²) in [7, 11) is 0. The van der Waals surface area contributed by atoms with Gasteiger partial charge in [0.25, 0.3) is 0 Å². The van der Waals surface area contributed by atoms with Gasteiger partial charge in [-0.15, -0.1) is 0 Å². The third-order valence-corrected chi connectivity index (χ3v) is 4.79. The molecule has 0 bridgehead atoms. The fourth-order valence-corrected chi connectivity index (χ4v) is 3.26. The van der Waals surface area contributed by atoms with Crippen molar-refractivity contribution in [1.82, 2.24) is 5.32 Å². The molecule has 2 atom stereocenters. The Kier molecular flexibility index (Phi) is 7.80. The summed E-state index contributed by atoms with van der Waals surface area (Å²) in [5.74, 6) is 1.90. The molecule has 19 heavy (non-hydrogen) atoms. The smallest absolute Gasteiger partial charge is 0.237 e. The van der Waals surface area contributed by atoms with Crippen LogP contribution in [0.4, 0.5) is 0 Å². The second kappa shape index (κ2) is 8.82. The minimum absolute atomic E-state index is 0.245. The molecule has 2 unspecified atom stereocenters. The SMILES string of the molecule is CCCNC(C)(CCCSCC1CCCO1)C(N)=O. The number of ether oxygens (including phenoxy) is 1. The van der Waals surface area contributed by atoms with Crippen molar-refractivity contribution < 1.29 is 9.53 Å². The number of thioether (sulfide) groups is 1. The van der Waals surface area contributed by atoms with Crippen LogP contribution in [-0.2, 0) is 9.53 Å². The number of hydrogen-bond acceptors (Lipinski definition) is 4. The molecule has 1 fully saturated rings. The maximum absolute atomic E-state index is 11.5. The van der Waals surface area contributed by atoms with E-state index in [0.29, 0.717) is 6.10 Å². The Hall–Kier alpha value is -0.260. The zero-order valence-electron chi connectivity index (χ0n) is 12.2. The third kappa shape index (κ3) is 6.15. The maximum atomic E-state index is 11.5. The van der Waals surface area contributed by atoms with Gasteiger partial charge in [0.05, 0.1) is 11.6 Å². The highest BCUT2D eigenvalue weighted by Crippen LogP contribution is 2.19. The Balaban J connectivity index is 2.15. The van der Waals surface area contributed by atoms with Crippen LogP contribution in [0.2, 0.25) is 0 Å². The lowest BCUT2D eigenvalue weighted by Crippen LogP contribution is -2.53. The van der Waals surface area contributed by atoms with Crippen LogP contribution in [0.15, 0.2) is 0 Å². The highest BCUT2D eigenvalue weighted by molar-refractivity contribution is 7.99. The maximum Gasteiger partial charge on any atom is 0.237 e. The van der Waals surface area contributed by atoms with Gasteiger partial charge in [-0.2, -0.15) is 11.8 Å². The number of hydrogen-bond donors (Lipinski definition) is 2. The van der Waals surface area contributed by atoms with Crippen LogP contribution in [0.3, 0.4) is 0 Å². The fourth-order valence-electron chi connectivity index (χ4n) is 2.22. The van der Waals surface area contributed by atoms with Crippen LogP contribution in [0, 0.1) is 0 Å². The first-order chi connectivity index (χ1) is 9.08. The van der Waals surface area contributed by atoms with Crippen LogP contribution < -0.4 is 11.1 Å². The number of carbonyl (C=O) groups excluding carboxylic acids is 1. The van der Waals surface area contributed by atoms with Crippen LogP contribution in [0.5, 0.6) is 0 Å². The molecule has 0 aliphatic carbocycles. The van der Waals surface area contributed by atoms with E-state index < -0.39 is 5.54 Å². The van der Waals surface area contributed by atoms with Crippen molar-refractivity contribution in [1.29, 1.82) is 0 Å². The van der Waals surface area contributed by atoms with E-state index in [1.165, 1.54) is 12.8 Å². The first-order valence-corrected chi connectivity index (χ1v) is 8.48. The van der Waals surface area contributed by atoms with Gasteiger partial charge in [-0.3, -0.25) is 4.79 Å². The number of nitrogens with one attached hydrogen (secondary N) is 1. The van der Waals surface area contributed by atoms with Crippen LogP contribution >= 0.6 is 11.8 Å². The lowest BCUT2D eigenvalue weighted by molar-refractivity contribution is -0.124. The molecule has 1 rings (SSSR count). The zero-order chi connectivity index (χ0) is 14.1. The topological polar surface area (TPSA) is 64.3 Å². The molecule has 0 aromatic carbocycles. The molecule has 0 spiro atoms. The van der Waals surface area contributed by atoms with Crippen molar-refractivity contribution in [3.05, 3.63) is 0 Å². The highest BCUT2D eigenvalue weighted by Gasteiger charge is 2.29. The Labute approximate surface area is 121 Å². The predicted molar refractivity (Wildman–Crippen MR) is 81.4 cm³/mol. The van der Waals surface area contributed by atoms with Gasteiger partial charge in [0.2, 0.25) is 5.91 Å². The van der Waals surface area contributed by atoms with Gasteiger partial charge < -0.3 is 15.8 Å². The molecule has 1 aliphatic heterocycles. The molecule has 1 amide bonds. The zero-order valence-corrected chi connectivity index (χ0v) is 13.1. The van der Waals surface area contributed by atoms with E-state index in [1.807, 2.05) is 18.7 Å². The van der Waals surface area contributed by atoms with E-state index in [0.717, 1.165) is 43.9 Å². The fraction of sp³-hybridized carbons (Fsp3) is 0.929. The second-order valence-corrected chi connectivity index (χ2v) is 6.59. The standard InChI is InChI=1S/C14H28N2O2S/c1-3-8-16-14(2,13(15)17)7-5-10-19-11-12-6-4-9-18-12/h12,16H,3-11H2,1-2H3,(H2,15,17). The predicted octanol–water partition coefficient (Wildman–Crippen LogP) is 1.92. The molecule has 0 aromatic heterocycles. The summed E-state index contributed by atoms with van der Waals surface area (Å²) in [4.78, 5) is 11.5. The van der Waals surface area contributed by atoms with E-state index in [9.17, 15) is 4.79 Å². The molecule has 0 aromatic rings. The van der Waals surface area contributed by atoms with Gasteiger partial charge in [0.1, 0.15) is 0 Å². The van der Waals surface area contributed by atoms with Crippen molar-refractivity contribution in [3.8, 4) is 0 Å². The minimum Gasteiger partial charge on any atom is -0.377 e. The molecule has 1 heterocycles. The molecule has 0 saturated carbocycles. The van der Waals surface area contributed by atoms with Gasteiger partial charge in [0, 0.05) is 12.4 Å². The summed E-state index contributed by atoms with van der Waals surface area (Å²) in [6.07, 6.45) is 5.67. The van der Waals surface area contributed by atoms with E-state index in [2.05, 4.69) is 12.2 Å². The number of amides is 1. The van der Waals surface area contributed by atoms with Crippen molar-refractivity contribution in [2.75, 3.05) is 24.7 Å². The van der Waals surface area contributed by atoms with E-state index >= 15 is 0 Å². The first-order valence-electron chi connectivity index (χ1n) is 7.33. The average molecular weight is 288 g/mol. The largest absolute Gasteiger partial charge is 0.377 e. The van der Waals surface area contributed by atoms with Gasteiger partial charge in [0.15, 0.2) is 0 Å². The Bertz CT molecular complexity index is 270. The molecule has 5 heteroatoms. The average Bonchev–Trinajstić information content (AvgIpc) is 2.89. The second-order valence-electron chi connectivity index (χ2n) is 5.44. The molecule has 1 aliphatic rings. The molecular formula is C14H28N2O2S. The lowest BCUT2D eigenvalue weighted by Gasteiger charge is -2.27. The normalized spacial score (nSPS) is 22.3. The number of nitrogens with two attached hydrogens (primary N) is 1. The van der Waals surface area contributed by atoms with Crippen LogP contribution in [-0.4, -0.2) is 42.2 Å². The van der Waals surface area contributed by atoms with Gasteiger partial charge >= 0.3 is 0 Å². The summed E-state index contributed by atoms with van der Waals surface area (Å²) >= 11 is 1.92. The van der Waals surface area contributed by atoms with Crippen molar-refractivity contribution in [2.24, 2.45) is 5.73 Å². The molecule has 112 valence electrons. The third-order valence-electron chi connectivity index (χ3n) is 3.60. The summed E-state index contributed by atoms with van der Waals surface area (Å²) in [6.45, 7) is 5.76. The van der Waals surface area contributed by atoms with E-state index in [4.69, 9.17) is 10.5 Å². The summed E-state index contributed by atoms with van der Waals surface area (Å²) in [5.41, 5.74) is 4.94. The van der Waals surface area contributed by atoms with Crippen LogP contribution in [0.25, 0.3) is 0 Å². The minimum atomic E-state index is -0.555. The molecule has 4 nitrogen and oxygen atoms in total. The molecule has 3 N–H and O–H groups in total. The van der Waals surface area contributed by atoms with Crippen molar-refractivity contribution in [2.45, 2.75) is 57.6 Å². The summed E-state index contributed by atoms with van der Waals surface area (Å²) in [5, 5.41) is 3.27. The Morgan fingerprint density at radius 3 is 2.95 bits per heavy atom. The monoisotopic (exact) mass is 288 g/mol. The first kappa shape index (κ1) is 16.8. The van der Waals surface area contributed by atoms with Gasteiger partial charge in [-0.05, 0) is 51.3 Å². The molecule has 1 saturated heterocycles. The number of carbonyl (C=O) groups is 1. The highest BCUT2D eigenvalue weighted by atomic mass is 32.2. The van der Waals surface area contributed by atoms with Crippen molar-refractivity contribution in [3.63, 3.8) is 0 Å². The van der Waals surface area contributed by atoms with Crippen molar-refractivity contribution >= 4 is 17.7 Å². The molecular weight excluding hydrogens is 260 g/mol. The van der Waals surface area contributed by atoms with E-state index in [1.54, 1.807) is 0 Å². The lowest BCUT2D eigenvalue weighted by atomic mass is 9.95.